The van der Waals surface area contributed by atoms with E-state index in [0.29, 0.717) is 47.2 Å². The number of piperidine rings is 4. The minimum atomic E-state index is -0.429. The number of aliphatic hydroxyl groups excluding tert-OH is 2. The minimum Gasteiger partial charge on any atom is -0.504 e. The summed E-state index contributed by atoms with van der Waals surface area (Å²) >= 11 is 0. The van der Waals surface area contributed by atoms with Crippen molar-refractivity contribution >= 4 is 11.8 Å². The first-order chi connectivity index (χ1) is 51.0. The van der Waals surface area contributed by atoms with Gasteiger partial charge in [0.1, 0.15) is 24.4 Å². The smallest absolute Gasteiger partial charge is 0.217 e. The highest BCUT2D eigenvalue weighted by Crippen LogP contribution is 2.74. The summed E-state index contributed by atoms with van der Waals surface area (Å²) in [6.07, 6.45) is 25.9. The summed E-state index contributed by atoms with van der Waals surface area (Å²) in [6, 6.07) is 17.8. The Morgan fingerprint density at radius 1 is 0.368 bits per heavy atom. The summed E-state index contributed by atoms with van der Waals surface area (Å²) in [5.74, 6) is 7.33. The third kappa shape index (κ3) is 9.11. The largest absolute Gasteiger partial charge is 0.504 e. The van der Waals surface area contributed by atoms with Gasteiger partial charge < -0.3 is 60.2 Å². The van der Waals surface area contributed by atoms with Crippen LogP contribution in [0, 0.1) is 45.3 Å². The predicted octanol–water partition coefficient (Wildman–Crippen LogP) is 10.7. The van der Waals surface area contributed by atoms with Crippen LogP contribution >= 0.6 is 0 Å². The molecule has 106 heavy (non-hydrogen) atoms. The SMILES string of the molecule is CC(=O)N[C@@H]1CC[C@@]2(C)C3Cc4ccc(O)c5c4[C@@]2(CCN3CC2CC2)[C@H]1O5.CC(=O)N[C@H]1CC[C@@]2(C)C3Cc4ccc(O)c5c4[C@@]2(CCN3CC2CC2)[C@H]1O5.C[C@@]12CC[C@@H](O)[C@@H]3Oc4c(O)ccc5c4[C@@]31CCN(CC1CC1)C2C5.C[C@@]12CC[C@H](O)[C@@H]3Oc4c(O)ccc5c4[C@@]31CCN(CC1CC1)C2C5. The summed E-state index contributed by atoms with van der Waals surface area (Å²) in [7, 11) is 0. The third-order valence-electron chi connectivity index (χ3n) is 34.0. The van der Waals surface area contributed by atoms with Crippen molar-refractivity contribution in [1.82, 2.24) is 30.2 Å². The van der Waals surface area contributed by atoms with Crippen LogP contribution in [0.3, 0.4) is 0 Å². The van der Waals surface area contributed by atoms with Gasteiger partial charge in [-0.05, 0) is 272 Å². The Labute approximate surface area is 625 Å². The zero-order valence-corrected chi connectivity index (χ0v) is 63.4. The summed E-state index contributed by atoms with van der Waals surface area (Å²) in [5, 5.41) is 70.1. The second-order valence-corrected chi connectivity index (χ2v) is 39.0. The number of carbonyl (C=O) groups is 2. The van der Waals surface area contributed by atoms with Gasteiger partial charge in [-0.2, -0.15) is 0 Å². The Balaban J connectivity index is 0.0000000909. The standard InChI is InChI=1S/2C23H30N2O3.2C21H27NO3/c2*1-13(26)24-16-7-8-22(2)18-11-15-5-6-17(27)20-19(15)23(22,21(16)28-20)9-10-25(18)12-14-3-4-14;2*1-20-7-6-15(24)19-21(20)8-9-22(11-12-2-3-12)16(20)10-13-4-5-14(23)18(25-19)17(13)21/h2*5-6,14,16,18,21,27H,3-4,7-12H2,1-2H3,(H,24,26);2*4-5,12,15-16,19,23-24H,2-3,6-11H2,1H3/t16-,18?,21+,22+,23+;16-,18?,21-,22-,23-;15-,16?,19+,20+,21+;15-,16?,19-,20-,21-/m1010/s1. The Hall–Kier alpha value is -6.02. The second-order valence-electron chi connectivity index (χ2n) is 39.0. The molecule has 4 saturated heterocycles. The predicted molar refractivity (Wildman–Crippen MR) is 399 cm³/mol. The molecule has 20 atom stereocenters. The van der Waals surface area contributed by atoms with Crippen LogP contribution in [0.25, 0.3) is 0 Å². The fourth-order valence-corrected chi connectivity index (χ4v) is 28.5. The fourth-order valence-electron chi connectivity index (χ4n) is 28.5. The molecular formula is C88H114N6O12. The Bertz CT molecular complexity index is 4060. The zero-order chi connectivity index (χ0) is 72.5. The maximum absolute atomic E-state index is 11.9. The van der Waals surface area contributed by atoms with Gasteiger partial charge in [-0.3, -0.25) is 29.2 Å². The molecule has 20 aliphatic rings. The molecule has 0 aromatic heterocycles. The summed E-state index contributed by atoms with van der Waals surface area (Å²) in [4.78, 5) is 34.9. The molecule has 2 amide bonds. The number of likely N-dealkylation sites (tertiary alicyclic amines) is 4. The van der Waals surface area contributed by atoms with Crippen molar-refractivity contribution in [2.75, 3.05) is 52.4 Å². The molecule has 12 aliphatic carbocycles. The molecule has 4 unspecified atom stereocenters. The monoisotopic (exact) mass is 1450 g/mol. The number of ether oxygens (including phenoxy) is 4. The van der Waals surface area contributed by atoms with Crippen LogP contribution in [0.2, 0.25) is 0 Å². The molecule has 8 saturated carbocycles. The summed E-state index contributed by atoms with van der Waals surface area (Å²) < 4.78 is 25.7. The molecule has 568 valence electrons. The van der Waals surface area contributed by atoms with Gasteiger partial charge in [0, 0.05) is 108 Å². The highest BCUT2D eigenvalue weighted by molar-refractivity contribution is 5.75. The van der Waals surface area contributed by atoms with Gasteiger partial charge in [0.15, 0.2) is 46.0 Å². The van der Waals surface area contributed by atoms with Gasteiger partial charge in [0.2, 0.25) is 11.8 Å². The van der Waals surface area contributed by atoms with E-state index in [1.54, 1.807) is 38.1 Å². The Morgan fingerprint density at radius 2 is 0.613 bits per heavy atom. The molecule has 4 aromatic carbocycles. The van der Waals surface area contributed by atoms with Gasteiger partial charge in [0.25, 0.3) is 0 Å². The highest BCUT2D eigenvalue weighted by atomic mass is 16.5. The zero-order valence-electron chi connectivity index (χ0n) is 63.4. The van der Waals surface area contributed by atoms with Crippen LogP contribution in [0.5, 0.6) is 46.0 Å². The molecular weight excluding hydrogens is 1330 g/mol. The number of rotatable bonds is 10. The molecule has 12 fully saturated rings. The third-order valence-corrected chi connectivity index (χ3v) is 34.0. The van der Waals surface area contributed by atoms with E-state index in [4.69, 9.17) is 18.9 Å². The van der Waals surface area contributed by atoms with Gasteiger partial charge in [-0.25, -0.2) is 0 Å². The fraction of sp³-hybridized carbons (Fsp3) is 0.705. The topological polar surface area (TPSA) is 229 Å². The number of nitrogens with zero attached hydrogens (tertiary/aromatic N) is 4. The van der Waals surface area contributed by atoms with Gasteiger partial charge in [-0.15, -0.1) is 0 Å². The lowest BCUT2D eigenvalue weighted by Crippen LogP contribution is -2.73. The number of nitrogens with one attached hydrogen (secondary N) is 2. The molecule has 24 rings (SSSR count). The van der Waals surface area contributed by atoms with E-state index in [1.165, 1.54) is 122 Å². The molecule has 4 aromatic rings. The lowest BCUT2D eigenvalue weighted by Gasteiger charge is -2.65. The first-order valence-corrected chi connectivity index (χ1v) is 41.9. The maximum atomic E-state index is 11.9. The number of carbonyl (C=O) groups excluding carboxylic acids is 2. The molecule has 0 radical (unpaired) electrons. The maximum Gasteiger partial charge on any atom is 0.217 e. The first kappa shape index (κ1) is 68.0. The van der Waals surface area contributed by atoms with E-state index >= 15 is 0 Å². The van der Waals surface area contributed by atoms with E-state index in [0.717, 1.165) is 153 Å². The van der Waals surface area contributed by atoms with Crippen molar-refractivity contribution in [2.24, 2.45) is 45.3 Å². The first-order valence-electron chi connectivity index (χ1n) is 41.9. The Morgan fingerprint density at radius 3 is 0.868 bits per heavy atom. The van der Waals surface area contributed by atoms with E-state index < -0.39 is 12.2 Å². The summed E-state index contributed by atoms with van der Waals surface area (Å²) in [5.41, 5.74) is 10.4. The lowest BCUT2D eigenvalue weighted by molar-refractivity contribution is -0.153. The van der Waals surface area contributed by atoms with Crippen LogP contribution in [0.4, 0.5) is 0 Å². The van der Waals surface area contributed by atoms with Gasteiger partial charge in [-0.1, -0.05) is 52.0 Å². The highest BCUT2D eigenvalue weighted by Gasteiger charge is 2.76. The van der Waals surface area contributed by atoms with Crippen LogP contribution in [0.15, 0.2) is 48.5 Å². The average Bonchev–Trinajstić information content (AvgIpc) is 1.37. The molecule has 4 spiro atoms. The summed E-state index contributed by atoms with van der Waals surface area (Å²) in [6.45, 7) is 22.4. The number of hydrogen-bond donors (Lipinski definition) is 8. The molecule has 8 heterocycles. The number of hydrogen-bond acceptors (Lipinski definition) is 16. The quantitative estimate of drug-likeness (QED) is 0.0738. The van der Waals surface area contributed by atoms with Crippen LogP contribution in [-0.4, -0.2) is 187 Å². The van der Waals surface area contributed by atoms with E-state index in [-0.39, 0.29) is 115 Å². The van der Waals surface area contributed by atoms with Crippen molar-refractivity contribution in [3.8, 4) is 46.0 Å². The number of aliphatic hydroxyl groups is 2. The molecule has 18 heteroatoms. The Kier molecular flexibility index (Phi) is 15.0. The number of amides is 2. The van der Waals surface area contributed by atoms with Gasteiger partial charge in [0.05, 0.1) is 24.3 Å². The van der Waals surface area contributed by atoms with E-state index in [9.17, 15) is 40.2 Å². The number of benzene rings is 4. The van der Waals surface area contributed by atoms with Gasteiger partial charge >= 0.3 is 0 Å². The normalized spacial score (nSPS) is 42.3. The van der Waals surface area contributed by atoms with Crippen molar-refractivity contribution in [2.45, 2.75) is 290 Å². The van der Waals surface area contributed by atoms with Crippen molar-refractivity contribution in [3.05, 3.63) is 93.0 Å². The molecule has 8 aliphatic heterocycles. The molecule has 8 N–H and O–H groups in total. The molecule has 8 bridgehead atoms. The van der Waals surface area contributed by atoms with E-state index in [1.807, 2.05) is 0 Å². The van der Waals surface area contributed by atoms with Crippen LogP contribution < -0.4 is 29.6 Å². The average molecular weight is 1450 g/mol. The van der Waals surface area contributed by atoms with E-state index in [2.05, 4.69) is 82.2 Å². The van der Waals surface area contributed by atoms with Crippen molar-refractivity contribution in [1.29, 1.82) is 0 Å². The lowest BCUT2D eigenvalue weighted by atomic mass is 9.43. The van der Waals surface area contributed by atoms with Crippen LogP contribution in [0.1, 0.15) is 214 Å². The van der Waals surface area contributed by atoms with Crippen LogP contribution in [-0.2, 0) is 56.9 Å². The van der Waals surface area contributed by atoms with Crippen molar-refractivity contribution < 1.29 is 59.2 Å². The number of aromatic hydroxyl groups is 4. The number of phenolic OH excluding ortho intramolecular Hbond substituents is 4. The van der Waals surface area contributed by atoms with Crippen molar-refractivity contribution in [3.63, 3.8) is 0 Å². The minimum absolute atomic E-state index is 0.00698. The molecule has 18 nitrogen and oxygen atoms in total. The second kappa shape index (κ2) is 23.3. The number of phenols is 4.